The number of hydrogen-bond acceptors (Lipinski definition) is 2. The lowest BCUT2D eigenvalue weighted by atomic mass is 9.64. The van der Waals surface area contributed by atoms with Gasteiger partial charge in [-0.1, -0.05) is 66.0 Å². The molecule has 1 aliphatic rings. The fraction of sp³-hybridized carbons (Fsp3) is 0.720. The van der Waals surface area contributed by atoms with Crippen molar-refractivity contribution in [3.63, 3.8) is 0 Å². The molecule has 28 heavy (non-hydrogen) atoms. The molecule has 0 radical (unpaired) electrons. The van der Waals surface area contributed by atoms with Gasteiger partial charge >= 0.3 is 6.09 Å². The number of unbranched alkanes of at least 4 members (excludes halogenated alkanes) is 2. The summed E-state index contributed by atoms with van der Waals surface area (Å²) in [6.45, 7) is 12.1. The minimum absolute atomic E-state index is 0.161. The maximum atomic E-state index is 12.6. The van der Waals surface area contributed by atoms with Crippen molar-refractivity contribution < 1.29 is 9.53 Å². The minimum atomic E-state index is -0.310. The number of ether oxygens (including phenoxy) is 1. The lowest BCUT2D eigenvalue weighted by Crippen LogP contribution is -2.41. The van der Waals surface area contributed by atoms with Gasteiger partial charge in [-0.15, -0.1) is 0 Å². The Bertz CT molecular complexity index is 637. The smallest absolute Gasteiger partial charge is 0.410 e. The van der Waals surface area contributed by atoms with Crippen LogP contribution >= 0.6 is 0 Å². The SMILES string of the molecule is CCCCc1cccc(OC(=O)NCC2(C)CCCC(C)(C)C2)c1CCCC. The molecule has 1 unspecified atom stereocenters. The minimum Gasteiger partial charge on any atom is -0.410 e. The second-order valence-corrected chi connectivity index (χ2v) is 9.85. The van der Waals surface area contributed by atoms with Gasteiger partial charge in [0.05, 0.1) is 0 Å². The fourth-order valence-corrected chi connectivity index (χ4v) is 4.84. The average Bonchev–Trinajstić information content (AvgIpc) is 2.63. The van der Waals surface area contributed by atoms with Gasteiger partial charge in [0.15, 0.2) is 0 Å². The van der Waals surface area contributed by atoms with Gasteiger partial charge in [0, 0.05) is 6.54 Å². The molecule has 1 saturated carbocycles. The molecule has 0 aliphatic heterocycles. The molecule has 158 valence electrons. The van der Waals surface area contributed by atoms with Gasteiger partial charge in [-0.2, -0.15) is 0 Å². The van der Waals surface area contributed by atoms with Gasteiger partial charge in [0.25, 0.3) is 0 Å². The van der Waals surface area contributed by atoms with Crippen LogP contribution in [0.25, 0.3) is 0 Å². The molecule has 1 fully saturated rings. The lowest BCUT2D eigenvalue weighted by molar-refractivity contribution is 0.0969. The Labute approximate surface area is 172 Å². The Kier molecular flexibility index (Phi) is 8.39. The summed E-state index contributed by atoms with van der Waals surface area (Å²) in [6, 6.07) is 6.16. The highest BCUT2D eigenvalue weighted by Crippen LogP contribution is 2.45. The van der Waals surface area contributed by atoms with E-state index in [4.69, 9.17) is 4.74 Å². The third-order valence-corrected chi connectivity index (χ3v) is 6.21. The third-order valence-electron chi connectivity index (χ3n) is 6.21. The van der Waals surface area contributed by atoms with Crippen LogP contribution in [0.1, 0.15) is 97.1 Å². The monoisotopic (exact) mass is 387 g/mol. The second kappa shape index (κ2) is 10.3. The van der Waals surface area contributed by atoms with E-state index in [1.54, 1.807) is 0 Å². The zero-order valence-corrected chi connectivity index (χ0v) is 18.8. The molecule has 0 spiro atoms. The number of aryl methyl sites for hydroxylation is 1. The first-order valence-electron chi connectivity index (χ1n) is 11.3. The molecule has 1 N–H and O–H groups in total. The van der Waals surface area contributed by atoms with E-state index in [1.807, 2.05) is 12.1 Å². The normalized spacial score (nSPS) is 21.3. The first-order chi connectivity index (χ1) is 13.3. The van der Waals surface area contributed by atoms with Gasteiger partial charge in [0.1, 0.15) is 5.75 Å². The summed E-state index contributed by atoms with van der Waals surface area (Å²) in [5, 5.41) is 3.06. The van der Waals surface area contributed by atoms with E-state index in [9.17, 15) is 4.79 Å². The van der Waals surface area contributed by atoms with Crippen LogP contribution in [0.15, 0.2) is 18.2 Å². The molecular formula is C25H41NO2. The Morgan fingerprint density at radius 3 is 2.46 bits per heavy atom. The summed E-state index contributed by atoms with van der Waals surface area (Å²) >= 11 is 0. The van der Waals surface area contributed by atoms with Crippen LogP contribution in [-0.4, -0.2) is 12.6 Å². The number of benzene rings is 1. The standard InChI is InChI=1S/C25H41NO2/c1-6-8-12-20-13-10-15-22(21(20)14-9-7-2)28-23(27)26-19-25(5)17-11-16-24(3,4)18-25/h10,13,15H,6-9,11-12,14,16-19H2,1-5H3,(H,26,27). The first kappa shape index (κ1) is 22.8. The van der Waals surface area contributed by atoms with Crippen molar-refractivity contribution in [2.24, 2.45) is 10.8 Å². The molecule has 0 heterocycles. The third kappa shape index (κ3) is 6.83. The Morgan fingerprint density at radius 1 is 1.07 bits per heavy atom. The van der Waals surface area contributed by atoms with E-state index in [-0.39, 0.29) is 11.5 Å². The predicted molar refractivity (Wildman–Crippen MR) is 118 cm³/mol. The molecule has 1 aromatic rings. The van der Waals surface area contributed by atoms with E-state index in [0.717, 1.165) is 37.9 Å². The summed E-state index contributed by atoms with van der Waals surface area (Å²) in [5.41, 5.74) is 3.08. The van der Waals surface area contributed by atoms with Gasteiger partial charge in [0.2, 0.25) is 0 Å². The van der Waals surface area contributed by atoms with Gasteiger partial charge in [-0.05, 0) is 73.0 Å². The maximum absolute atomic E-state index is 12.6. The van der Waals surface area contributed by atoms with Crippen LogP contribution in [-0.2, 0) is 12.8 Å². The summed E-state index contributed by atoms with van der Waals surface area (Å²) in [5.74, 6) is 0.744. The average molecular weight is 388 g/mol. The highest BCUT2D eigenvalue weighted by atomic mass is 16.6. The number of amides is 1. The number of nitrogens with one attached hydrogen (secondary N) is 1. The van der Waals surface area contributed by atoms with E-state index in [1.165, 1.54) is 43.2 Å². The zero-order chi connectivity index (χ0) is 20.6. The summed E-state index contributed by atoms with van der Waals surface area (Å²) in [6.07, 6.45) is 11.2. The molecular weight excluding hydrogens is 346 g/mol. The maximum Gasteiger partial charge on any atom is 0.412 e. The zero-order valence-electron chi connectivity index (χ0n) is 18.8. The summed E-state index contributed by atoms with van der Waals surface area (Å²) < 4.78 is 5.80. The number of carbonyl (C=O) groups is 1. The van der Waals surface area contributed by atoms with Crippen molar-refractivity contribution in [2.75, 3.05) is 6.54 Å². The Morgan fingerprint density at radius 2 is 1.79 bits per heavy atom. The molecule has 1 amide bonds. The fourth-order valence-electron chi connectivity index (χ4n) is 4.84. The Balaban J connectivity index is 2.02. The van der Waals surface area contributed by atoms with Crippen LogP contribution in [0.2, 0.25) is 0 Å². The topological polar surface area (TPSA) is 38.3 Å². The van der Waals surface area contributed by atoms with Crippen molar-refractivity contribution in [2.45, 2.75) is 98.8 Å². The van der Waals surface area contributed by atoms with Crippen LogP contribution < -0.4 is 10.1 Å². The quantitative estimate of drug-likeness (QED) is 0.492. The predicted octanol–water partition coefficient (Wildman–Crippen LogP) is 7.07. The van der Waals surface area contributed by atoms with Crippen LogP contribution in [0.3, 0.4) is 0 Å². The largest absolute Gasteiger partial charge is 0.412 e. The first-order valence-corrected chi connectivity index (χ1v) is 11.3. The van der Waals surface area contributed by atoms with Crippen LogP contribution in [0.4, 0.5) is 4.79 Å². The Hall–Kier alpha value is -1.51. The lowest BCUT2D eigenvalue weighted by Gasteiger charge is -2.42. The van der Waals surface area contributed by atoms with Crippen LogP contribution in [0, 0.1) is 10.8 Å². The molecule has 0 bridgehead atoms. The molecule has 3 nitrogen and oxygen atoms in total. The van der Waals surface area contributed by atoms with Crippen molar-refractivity contribution >= 4 is 6.09 Å². The van der Waals surface area contributed by atoms with Gasteiger partial charge in [-0.3, -0.25) is 0 Å². The van der Waals surface area contributed by atoms with E-state index in [0.29, 0.717) is 12.0 Å². The summed E-state index contributed by atoms with van der Waals surface area (Å²) in [7, 11) is 0. The van der Waals surface area contributed by atoms with E-state index >= 15 is 0 Å². The van der Waals surface area contributed by atoms with E-state index in [2.05, 4.69) is 46.0 Å². The van der Waals surface area contributed by atoms with Crippen molar-refractivity contribution in [3.8, 4) is 5.75 Å². The highest BCUT2D eigenvalue weighted by molar-refractivity contribution is 5.71. The summed E-state index contributed by atoms with van der Waals surface area (Å²) in [4.78, 5) is 12.6. The molecule has 0 aromatic heterocycles. The number of carbonyl (C=O) groups excluding carboxylic acids is 1. The van der Waals surface area contributed by atoms with Crippen molar-refractivity contribution in [1.82, 2.24) is 5.32 Å². The highest BCUT2D eigenvalue weighted by Gasteiger charge is 2.36. The molecule has 1 atom stereocenters. The molecule has 2 rings (SSSR count). The molecule has 1 aromatic carbocycles. The molecule has 0 saturated heterocycles. The molecule has 1 aliphatic carbocycles. The molecule has 3 heteroatoms. The van der Waals surface area contributed by atoms with Crippen molar-refractivity contribution in [1.29, 1.82) is 0 Å². The van der Waals surface area contributed by atoms with Crippen molar-refractivity contribution in [3.05, 3.63) is 29.3 Å². The van der Waals surface area contributed by atoms with Gasteiger partial charge < -0.3 is 10.1 Å². The van der Waals surface area contributed by atoms with Gasteiger partial charge in [-0.25, -0.2) is 4.79 Å². The van der Waals surface area contributed by atoms with Crippen LogP contribution in [0.5, 0.6) is 5.75 Å². The number of rotatable bonds is 9. The van der Waals surface area contributed by atoms with E-state index < -0.39 is 0 Å². The second-order valence-electron chi connectivity index (χ2n) is 9.85. The number of hydrogen-bond donors (Lipinski definition) is 1.